The summed E-state index contributed by atoms with van der Waals surface area (Å²) in [5.74, 6) is 1.51. The fraction of sp³-hybridized carbons (Fsp3) is 0.250. The first-order valence-corrected chi connectivity index (χ1v) is 5.23. The molecule has 6 heteroatoms. The maximum atomic E-state index is 13.0. The molecule has 96 valence electrons. The smallest absolute Gasteiger partial charge is 0.169 e. The summed E-state index contributed by atoms with van der Waals surface area (Å²) in [6.45, 7) is -0.670. The van der Waals surface area contributed by atoms with Gasteiger partial charge in [-0.15, -0.1) is 0 Å². The first-order valence-electron chi connectivity index (χ1n) is 5.23. The molecule has 0 aliphatic carbocycles. The molecule has 0 radical (unpaired) electrons. The number of nitrogens with zero attached hydrogens (tertiary/aromatic N) is 1. The molecule has 0 bridgehead atoms. The van der Waals surface area contributed by atoms with Gasteiger partial charge < -0.3 is 19.7 Å². The van der Waals surface area contributed by atoms with E-state index < -0.39 is 6.67 Å². The maximum Gasteiger partial charge on any atom is 0.169 e. The summed E-state index contributed by atoms with van der Waals surface area (Å²) >= 11 is 0. The summed E-state index contributed by atoms with van der Waals surface area (Å²) in [6.07, 6.45) is 0. The van der Waals surface area contributed by atoms with Crippen molar-refractivity contribution in [3.8, 4) is 22.8 Å². The van der Waals surface area contributed by atoms with Crippen molar-refractivity contribution in [1.82, 2.24) is 5.16 Å². The van der Waals surface area contributed by atoms with Gasteiger partial charge in [0.1, 0.15) is 6.67 Å². The second-order valence-corrected chi connectivity index (χ2v) is 3.62. The lowest BCUT2D eigenvalue weighted by molar-refractivity contribution is 0.345. The van der Waals surface area contributed by atoms with E-state index in [1.165, 1.54) is 14.2 Å². The van der Waals surface area contributed by atoms with Gasteiger partial charge >= 0.3 is 0 Å². The Morgan fingerprint density at radius 2 is 2.06 bits per heavy atom. The normalized spacial score (nSPS) is 10.4. The first-order chi connectivity index (χ1) is 8.69. The summed E-state index contributed by atoms with van der Waals surface area (Å²) in [4.78, 5) is 0. The quantitative estimate of drug-likeness (QED) is 0.904. The lowest BCUT2D eigenvalue weighted by atomic mass is 10.1. The van der Waals surface area contributed by atoms with Crippen LogP contribution in [0.25, 0.3) is 11.3 Å². The molecular weight excluding hydrogens is 239 g/mol. The van der Waals surface area contributed by atoms with Crippen molar-refractivity contribution >= 4 is 5.82 Å². The van der Waals surface area contributed by atoms with Gasteiger partial charge in [-0.1, -0.05) is 5.16 Å². The van der Waals surface area contributed by atoms with Crippen molar-refractivity contribution in [3.63, 3.8) is 0 Å². The minimum atomic E-state index is -0.670. The van der Waals surface area contributed by atoms with Crippen molar-refractivity contribution in [1.29, 1.82) is 0 Å². The molecule has 1 heterocycles. The van der Waals surface area contributed by atoms with Crippen LogP contribution in [0.4, 0.5) is 10.2 Å². The molecule has 0 spiro atoms. The zero-order valence-electron chi connectivity index (χ0n) is 10.1. The zero-order chi connectivity index (χ0) is 13.1. The lowest BCUT2D eigenvalue weighted by Crippen LogP contribution is -1.95. The number of nitrogen functional groups attached to an aromatic ring is 1. The molecule has 2 N–H and O–H groups in total. The molecular formula is C12H13FN2O3. The van der Waals surface area contributed by atoms with Gasteiger partial charge in [-0.25, -0.2) is 4.39 Å². The van der Waals surface area contributed by atoms with Gasteiger partial charge in [0.15, 0.2) is 23.1 Å². The van der Waals surface area contributed by atoms with E-state index in [1.807, 2.05) is 0 Å². The van der Waals surface area contributed by atoms with Crippen LogP contribution in [0.3, 0.4) is 0 Å². The number of rotatable bonds is 4. The van der Waals surface area contributed by atoms with Crippen LogP contribution in [0.15, 0.2) is 22.7 Å². The fourth-order valence-corrected chi connectivity index (χ4v) is 1.71. The maximum absolute atomic E-state index is 13.0. The minimum absolute atomic E-state index is 0.265. The number of anilines is 1. The molecule has 18 heavy (non-hydrogen) atoms. The minimum Gasteiger partial charge on any atom is -0.493 e. The fourth-order valence-electron chi connectivity index (χ4n) is 1.71. The lowest BCUT2D eigenvalue weighted by Gasteiger charge is -2.12. The number of nitrogens with two attached hydrogens (primary N) is 1. The molecule has 0 atom stereocenters. The molecule has 1 aromatic heterocycles. The van der Waals surface area contributed by atoms with Crippen molar-refractivity contribution < 1.29 is 18.4 Å². The predicted molar refractivity (Wildman–Crippen MR) is 64.3 cm³/mol. The van der Waals surface area contributed by atoms with Crippen LogP contribution in [0.2, 0.25) is 0 Å². The number of ether oxygens (including phenoxy) is 2. The Morgan fingerprint density at radius 1 is 1.28 bits per heavy atom. The molecule has 5 nitrogen and oxygen atoms in total. The molecule has 2 aromatic rings. The van der Waals surface area contributed by atoms with Crippen LogP contribution in [0.1, 0.15) is 5.56 Å². The van der Waals surface area contributed by atoms with Gasteiger partial charge in [-0.05, 0) is 12.1 Å². The predicted octanol–water partition coefficient (Wildman–Crippen LogP) is 2.41. The highest BCUT2D eigenvalue weighted by Gasteiger charge is 2.15. The van der Waals surface area contributed by atoms with Crippen LogP contribution in [-0.2, 0) is 6.67 Å². The van der Waals surface area contributed by atoms with E-state index in [0.29, 0.717) is 28.4 Å². The molecule has 0 saturated heterocycles. The van der Waals surface area contributed by atoms with Crippen molar-refractivity contribution in [3.05, 3.63) is 23.8 Å². The third-order valence-corrected chi connectivity index (χ3v) is 2.51. The van der Waals surface area contributed by atoms with E-state index in [9.17, 15) is 4.39 Å². The summed E-state index contributed by atoms with van der Waals surface area (Å²) in [5, 5.41) is 3.58. The van der Waals surface area contributed by atoms with Crippen molar-refractivity contribution in [2.24, 2.45) is 0 Å². The van der Waals surface area contributed by atoms with Gasteiger partial charge in [0.05, 0.1) is 14.2 Å². The van der Waals surface area contributed by atoms with Crippen molar-refractivity contribution in [2.45, 2.75) is 6.67 Å². The number of halogens is 1. The van der Waals surface area contributed by atoms with Crippen LogP contribution < -0.4 is 15.2 Å². The van der Waals surface area contributed by atoms with Gasteiger partial charge in [-0.2, -0.15) is 0 Å². The monoisotopic (exact) mass is 252 g/mol. The van der Waals surface area contributed by atoms with Gasteiger partial charge in [0, 0.05) is 17.2 Å². The molecule has 0 amide bonds. The topological polar surface area (TPSA) is 70.5 Å². The largest absolute Gasteiger partial charge is 0.493 e. The summed E-state index contributed by atoms with van der Waals surface area (Å²) in [7, 11) is 2.95. The molecule has 2 rings (SSSR count). The van der Waals surface area contributed by atoms with E-state index in [1.54, 1.807) is 18.2 Å². The Balaban J connectivity index is 2.56. The average Bonchev–Trinajstić information content (AvgIpc) is 2.83. The van der Waals surface area contributed by atoms with E-state index in [-0.39, 0.29) is 5.82 Å². The Hall–Kier alpha value is -2.24. The third-order valence-electron chi connectivity index (χ3n) is 2.51. The SMILES string of the molecule is COc1cc(-c2cc(N)no2)cc(CF)c1OC. The summed E-state index contributed by atoms with van der Waals surface area (Å²) in [6, 6.07) is 4.85. The number of alkyl halides is 1. The van der Waals surface area contributed by atoms with E-state index in [2.05, 4.69) is 5.16 Å². The average molecular weight is 252 g/mol. The van der Waals surface area contributed by atoms with E-state index >= 15 is 0 Å². The van der Waals surface area contributed by atoms with Gasteiger partial charge in [0.2, 0.25) is 0 Å². The highest BCUT2D eigenvalue weighted by molar-refractivity contribution is 5.66. The molecule has 0 fully saturated rings. The molecule has 0 aliphatic heterocycles. The second-order valence-electron chi connectivity index (χ2n) is 3.62. The third kappa shape index (κ3) is 2.09. The van der Waals surface area contributed by atoms with Gasteiger partial charge in [-0.3, -0.25) is 0 Å². The number of aromatic nitrogens is 1. The second kappa shape index (κ2) is 4.95. The molecule has 0 aliphatic rings. The van der Waals surface area contributed by atoms with E-state index in [0.717, 1.165) is 0 Å². The highest BCUT2D eigenvalue weighted by Crippen LogP contribution is 2.37. The Morgan fingerprint density at radius 3 is 2.56 bits per heavy atom. The van der Waals surface area contributed by atoms with Gasteiger partial charge in [0.25, 0.3) is 0 Å². The van der Waals surface area contributed by atoms with E-state index in [4.69, 9.17) is 19.7 Å². The summed E-state index contributed by atoms with van der Waals surface area (Å²) < 4.78 is 28.3. The molecule has 1 aromatic carbocycles. The Bertz CT molecular complexity index is 529. The number of benzene rings is 1. The number of methoxy groups -OCH3 is 2. The molecule has 0 saturated carbocycles. The Labute approximate surface area is 103 Å². The number of hydrogen-bond acceptors (Lipinski definition) is 5. The van der Waals surface area contributed by atoms with Crippen LogP contribution in [-0.4, -0.2) is 19.4 Å². The zero-order valence-corrected chi connectivity index (χ0v) is 10.1. The number of hydrogen-bond donors (Lipinski definition) is 1. The van der Waals surface area contributed by atoms with Crippen LogP contribution in [0.5, 0.6) is 11.5 Å². The highest BCUT2D eigenvalue weighted by atomic mass is 19.1. The molecule has 0 unspecified atom stereocenters. The Kier molecular flexibility index (Phi) is 3.36. The van der Waals surface area contributed by atoms with Crippen LogP contribution >= 0.6 is 0 Å². The first kappa shape index (κ1) is 12.2. The summed E-state index contributed by atoms with van der Waals surface area (Å²) in [5.41, 5.74) is 6.48. The standard InChI is InChI=1S/C12H13FN2O3/c1-16-10-4-7(9-5-11(14)15-18-9)3-8(6-13)12(10)17-2/h3-5H,6H2,1-2H3,(H2,14,15). The van der Waals surface area contributed by atoms with Crippen LogP contribution in [0, 0.1) is 0 Å². The van der Waals surface area contributed by atoms with Crippen molar-refractivity contribution in [2.75, 3.05) is 20.0 Å².